The molecule has 0 radical (unpaired) electrons. The standard InChI is InChI=1S/C22H17F4N5O2S/c23-14-6-4-13(5-7-14)17-10-27-21(34-17)19-15(2-1-3-16(19)24)20(33)29-18(22(25,26)12-32)11-31-9-8-28-30-31/h1-10,18,32H,11-12H2,(H,29,33)/t18-/m1/s1. The van der Waals surface area contributed by atoms with Gasteiger partial charge in [-0.05, 0) is 29.8 Å². The topological polar surface area (TPSA) is 92.9 Å². The fourth-order valence-corrected chi connectivity index (χ4v) is 4.20. The van der Waals surface area contributed by atoms with Gasteiger partial charge in [-0.2, -0.15) is 0 Å². The lowest BCUT2D eigenvalue weighted by molar-refractivity contribution is -0.0815. The molecule has 0 bridgehead atoms. The van der Waals surface area contributed by atoms with Gasteiger partial charge in [-0.25, -0.2) is 22.5 Å². The molecular weight excluding hydrogens is 474 g/mol. The van der Waals surface area contributed by atoms with Gasteiger partial charge in [0.2, 0.25) is 0 Å². The zero-order valence-electron chi connectivity index (χ0n) is 17.3. The quantitative estimate of drug-likeness (QED) is 0.366. The van der Waals surface area contributed by atoms with Crippen molar-refractivity contribution in [2.24, 2.45) is 0 Å². The Bertz CT molecular complexity index is 1280. The summed E-state index contributed by atoms with van der Waals surface area (Å²) in [5.74, 6) is -5.85. The van der Waals surface area contributed by atoms with Crippen molar-refractivity contribution >= 4 is 17.2 Å². The number of nitrogens with one attached hydrogen (secondary N) is 1. The van der Waals surface area contributed by atoms with Crippen LogP contribution in [0.2, 0.25) is 0 Å². The Morgan fingerprint density at radius 2 is 1.94 bits per heavy atom. The van der Waals surface area contributed by atoms with Gasteiger partial charge in [-0.15, -0.1) is 16.4 Å². The summed E-state index contributed by atoms with van der Waals surface area (Å²) in [4.78, 5) is 17.8. The minimum atomic E-state index is -3.69. The highest BCUT2D eigenvalue weighted by Gasteiger charge is 2.41. The average Bonchev–Trinajstić information content (AvgIpc) is 3.51. The van der Waals surface area contributed by atoms with E-state index in [0.717, 1.165) is 22.1 Å². The number of carbonyl (C=O) groups is 1. The van der Waals surface area contributed by atoms with E-state index in [1.165, 1.54) is 55.0 Å². The second kappa shape index (κ2) is 9.69. The predicted octanol–water partition coefficient (Wildman–Crippen LogP) is 3.77. The molecule has 0 aliphatic carbocycles. The van der Waals surface area contributed by atoms with Crippen molar-refractivity contribution in [3.8, 4) is 21.0 Å². The number of hydrogen-bond donors (Lipinski definition) is 2. The smallest absolute Gasteiger partial charge is 0.292 e. The Morgan fingerprint density at radius 1 is 1.18 bits per heavy atom. The molecule has 12 heteroatoms. The third kappa shape index (κ3) is 4.97. The Balaban J connectivity index is 1.66. The van der Waals surface area contributed by atoms with Gasteiger partial charge in [0, 0.05) is 12.4 Å². The van der Waals surface area contributed by atoms with Crippen molar-refractivity contribution in [1.82, 2.24) is 25.3 Å². The molecule has 0 unspecified atom stereocenters. The van der Waals surface area contributed by atoms with E-state index >= 15 is 0 Å². The van der Waals surface area contributed by atoms with Crippen LogP contribution >= 0.6 is 11.3 Å². The summed E-state index contributed by atoms with van der Waals surface area (Å²) in [6.45, 7) is -1.99. The first-order valence-corrected chi connectivity index (χ1v) is 10.7. The van der Waals surface area contributed by atoms with E-state index in [1.54, 1.807) is 0 Å². The lowest BCUT2D eigenvalue weighted by Gasteiger charge is -2.26. The van der Waals surface area contributed by atoms with Crippen LogP contribution < -0.4 is 5.32 Å². The zero-order valence-corrected chi connectivity index (χ0v) is 18.1. The monoisotopic (exact) mass is 491 g/mol. The molecule has 7 nitrogen and oxygen atoms in total. The molecule has 0 fully saturated rings. The maximum absolute atomic E-state index is 14.8. The van der Waals surface area contributed by atoms with E-state index in [2.05, 4.69) is 20.6 Å². The average molecular weight is 491 g/mol. The normalized spacial score (nSPS) is 12.5. The molecule has 1 amide bonds. The Labute approximate surface area is 194 Å². The summed E-state index contributed by atoms with van der Waals surface area (Å²) in [5.41, 5.74) is 0.269. The number of amides is 1. The van der Waals surface area contributed by atoms with Crippen LogP contribution in [0, 0.1) is 11.6 Å². The van der Waals surface area contributed by atoms with E-state index in [1.807, 2.05) is 0 Å². The number of rotatable bonds is 8. The van der Waals surface area contributed by atoms with Gasteiger partial charge >= 0.3 is 0 Å². The summed E-state index contributed by atoms with van der Waals surface area (Å²) in [7, 11) is 0. The zero-order chi connectivity index (χ0) is 24.3. The van der Waals surface area contributed by atoms with Crippen molar-refractivity contribution in [2.75, 3.05) is 6.61 Å². The molecule has 34 heavy (non-hydrogen) atoms. The third-order valence-electron chi connectivity index (χ3n) is 4.97. The van der Waals surface area contributed by atoms with E-state index in [9.17, 15) is 22.4 Å². The minimum Gasteiger partial charge on any atom is -0.390 e. The number of nitrogens with zero attached hydrogens (tertiary/aromatic N) is 4. The molecule has 2 aromatic carbocycles. The first-order valence-electron chi connectivity index (χ1n) is 9.93. The minimum absolute atomic E-state index is 0.143. The van der Waals surface area contributed by atoms with Crippen LogP contribution in [0.3, 0.4) is 0 Å². The van der Waals surface area contributed by atoms with Crippen LogP contribution in [0.25, 0.3) is 21.0 Å². The highest BCUT2D eigenvalue weighted by atomic mass is 32.1. The number of aliphatic hydroxyl groups is 1. The van der Waals surface area contributed by atoms with E-state index in [-0.39, 0.29) is 16.1 Å². The Hall–Kier alpha value is -3.64. The molecule has 0 saturated heterocycles. The van der Waals surface area contributed by atoms with Gasteiger partial charge in [0.1, 0.15) is 29.3 Å². The summed E-state index contributed by atoms with van der Waals surface area (Å²) in [5, 5.41) is 18.6. The third-order valence-corrected chi connectivity index (χ3v) is 6.04. The van der Waals surface area contributed by atoms with Gasteiger partial charge in [0.25, 0.3) is 11.8 Å². The summed E-state index contributed by atoms with van der Waals surface area (Å²) in [6.07, 6.45) is 4.06. The lowest BCUT2D eigenvalue weighted by atomic mass is 10.0. The number of benzene rings is 2. The fraction of sp³-hybridized carbons (Fsp3) is 0.182. The van der Waals surface area contributed by atoms with Crippen molar-refractivity contribution < 1.29 is 27.5 Å². The van der Waals surface area contributed by atoms with Crippen LogP contribution in [-0.4, -0.2) is 49.6 Å². The molecule has 0 saturated carbocycles. The van der Waals surface area contributed by atoms with E-state index in [4.69, 9.17) is 5.11 Å². The summed E-state index contributed by atoms with van der Waals surface area (Å²) >= 11 is 1.06. The summed E-state index contributed by atoms with van der Waals surface area (Å²) < 4.78 is 57.9. The van der Waals surface area contributed by atoms with Crippen LogP contribution in [0.4, 0.5) is 17.6 Å². The van der Waals surface area contributed by atoms with Crippen LogP contribution in [-0.2, 0) is 6.54 Å². The Morgan fingerprint density at radius 3 is 2.62 bits per heavy atom. The molecule has 4 aromatic rings. The van der Waals surface area contributed by atoms with E-state index in [0.29, 0.717) is 10.4 Å². The van der Waals surface area contributed by atoms with E-state index < -0.39 is 42.7 Å². The highest BCUT2D eigenvalue weighted by Crippen LogP contribution is 2.35. The molecular formula is C22H17F4N5O2S. The largest absolute Gasteiger partial charge is 0.390 e. The highest BCUT2D eigenvalue weighted by molar-refractivity contribution is 7.18. The molecule has 2 N–H and O–H groups in total. The number of aliphatic hydroxyl groups excluding tert-OH is 1. The maximum Gasteiger partial charge on any atom is 0.292 e. The van der Waals surface area contributed by atoms with Crippen molar-refractivity contribution in [2.45, 2.75) is 18.5 Å². The van der Waals surface area contributed by atoms with Gasteiger partial charge in [0.15, 0.2) is 0 Å². The SMILES string of the molecule is O=C(N[C@H](Cn1ccnn1)C(F)(F)CO)c1cccc(F)c1-c1ncc(-c2ccc(F)cc2)s1. The molecule has 2 heterocycles. The molecule has 0 aliphatic heterocycles. The number of hydrogen-bond acceptors (Lipinski definition) is 6. The second-order valence-electron chi connectivity index (χ2n) is 7.27. The van der Waals surface area contributed by atoms with Crippen molar-refractivity contribution in [1.29, 1.82) is 0 Å². The van der Waals surface area contributed by atoms with Crippen molar-refractivity contribution in [3.05, 3.63) is 78.3 Å². The number of halogens is 4. The Kier molecular flexibility index (Phi) is 6.70. The molecule has 2 aromatic heterocycles. The number of thiazole rings is 1. The predicted molar refractivity (Wildman–Crippen MR) is 116 cm³/mol. The van der Waals surface area contributed by atoms with Gasteiger partial charge in [-0.3, -0.25) is 9.48 Å². The van der Waals surface area contributed by atoms with Crippen LogP contribution in [0.5, 0.6) is 0 Å². The molecule has 0 aliphatic rings. The molecule has 176 valence electrons. The number of alkyl halides is 2. The first kappa shape index (κ1) is 23.5. The van der Waals surface area contributed by atoms with Crippen LogP contribution in [0.1, 0.15) is 10.4 Å². The number of aromatic nitrogens is 4. The lowest BCUT2D eigenvalue weighted by Crippen LogP contribution is -2.52. The maximum atomic E-state index is 14.8. The summed E-state index contributed by atoms with van der Waals surface area (Å²) in [6, 6.07) is 7.45. The number of carbonyl (C=O) groups excluding carboxylic acids is 1. The van der Waals surface area contributed by atoms with Crippen molar-refractivity contribution in [3.63, 3.8) is 0 Å². The fourth-order valence-electron chi connectivity index (χ4n) is 3.22. The first-order chi connectivity index (χ1) is 16.3. The van der Waals surface area contributed by atoms with Crippen LogP contribution in [0.15, 0.2) is 61.1 Å². The molecule has 0 spiro atoms. The van der Waals surface area contributed by atoms with Gasteiger partial charge in [0.05, 0.1) is 28.7 Å². The second-order valence-corrected chi connectivity index (χ2v) is 8.30. The molecule has 1 atom stereocenters. The molecule has 4 rings (SSSR count). The van der Waals surface area contributed by atoms with Gasteiger partial charge in [-0.1, -0.05) is 23.4 Å². The van der Waals surface area contributed by atoms with Gasteiger partial charge < -0.3 is 10.4 Å².